The van der Waals surface area contributed by atoms with Crippen molar-refractivity contribution in [1.29, 1.82) is 0 Å². The van der Waals surface area contributed by atoms with Crippen LogP contribution in [0.1, 0.15) is 12.8 Å². The van der Waals surface area contributed by atoms with Crippen molar-refractivity contribution >= 4 is 40.8 Å². The van der Waals surface area contributed by atoms with E-state index in [1.54, 1.807) is 12.3 Å². The number of hydrogen-bond donors (Lipinski definition) is 2. The van der Waals surface area contributed by atoms with Crippen molar-refractivity contribution < 1.29 is 4.74 Å². The predicted molar refractivity (Wildman–Crippen MR) is 108 cm³/mol. The van der Waals surface area contributed by atoms with Gasteiger partial charge in [0.2, 0.25) is 0 Å². The molecule has 2 aromatic rings. The fourth-order valence-electron chi connectivity index (χ4n) is 3.69. The van der Waals surface area contributed by atoms with Crippen molar-refractivity contribution in [2.75, 3.05) is 31.2 Å². The molecule has 27 heavy (non-hydrogen) atoms. The molecular formula is C18H20Cl2N4O2S. The number of aromatic nitrogens is 2. The highest BCUT2D eigenvalue weighted by molar-refractivity contribution is 7.99. The van der Waals surface area contributed by atoms with Crippen molar-refractivity contribution in [2.45, 2.75) is 28.8 Å². The molecule has 1 aromatic heterocycles. The van der Waals surface area contributed by atoms with E-state index in [9.17, 15) is 4.79 Å². The molecule has 9 heteroatoms. The molecule has 0 saturated carbocycles. The van der Waals surface area contributed by atoms with E-state index in [1.165, 1.54) is 11.8 Å². The maximum Gasteiger partial charge on any atom is 0.291 e. The summed E-state index contributed by atoms with van der Waals surface area (Å²) in [7, 11) is 0. The Kier molecular flexibility index (Phi) is 5.40. The zero-order valence-electron chi connectivity index (χ0n) is 14.6. The lowest BCUT2D eigenvalue weighted by atomic mass is 9.75. The molecule has 2 aliphatic heterocycles. The highest BCUT2D eigenvalue weighted by atomic mass is 35.5. The third-order valence-electron chi connectivity index (χ3n) is 5.41. The van der Waals surface area contributed by atoms with Gasteiger partial charge >= 0.3 is 0 Å². The lowest BCUT2D eigenvalue weighted by Crippen LogP contribution is -2.50. The van der Waals surface area contributed by atoms with Gasteiger partial charge in [-0.2, -0.15) is 0 Å². The molecule has 1 aromatic carbocycles. The van der Waals surface area contributed by atoms with Gasteiger partial charge in [-0.15, -0.1) is 0 Å². The summed E-state index contributed by atoms with van der Waals surface area (Å²) >= 11 is 13.6. The highest BCUT2D eigenvalue weighted by Gasteiger charge is 2.44. The Morgan fingerprint density at radius 2 is 2.11 bits per heavy atom. The SMILES string of the molecule is N[C@H]1COCC12CCN(c1ncc(Sc3cccc(Cl)c3Cl)[nH]c1=O)CC2. The van der Waals surface area contributed by atoms with Crippen molar-refractivity contribution in [3.8, 4) is 0 Å². The first-order valence-corrected chi connectivity index (χ1v) is 10.4. The third kappa shape index (κ3) is 3.71. The van der Waals surface area contributed by atoms with E-state index in [2.05, 4.69) is 9.97 Å². The Bertz CT molecular complexity index is 899. The van der Waals surface area contributed by atoms with Crippen molar-refractivity contribution in [1.82, 2.24) is 9.97 Å². The number of aromatic amines is 1. The summed E-state index contributed by atoms with van der Waals surface area (Å²) in [5.74, 6) is 0.443. The fraction of sp³-hybridized carbons (Fsp3) is 0.444. The maximum atomic E-state index is 12.6. The van der Waals surface area contributed by atoms with Crippen LogP contribution in [-0.4, -0.2) is 42.3 Å². The zero-order valence-corrected chi connectivity index (χ0v) is 16.9. The fourth-order valence-corrected chi connectivity index (χ4v) is 4.99. The average Bonchev–Trinajstić information content (AvgIpc) is 3.00. The van der Waals surface area contributed by atoms with Gasteiger partial charge in [0.05, 0.1) is 34.5 Å². The number of hydrogen-bond acceptors (Lipinski definition) is 6. The second kappa shape index (κ2) is 7.64. The van der Waals surface area contributed by atoms with Gasteiger partial charge < -0.3 is 20.4 Å². The first-order chi connectivity index (χ1) is 13.0. The van der Waals surface area contributed by atoms with Crippen LogP contribution >= 0.6 is 35.0 Å². The van der Waals surface area contributed by atoms with Crippen LogP contribution in [0.2, 0.25) is 10.0 Å². The van der Waals surface area contributed by atoms with Crippen LogP contribution in [0.25, 0.3) is 0 Å². The number of piperidine rings is 1. The van der Waals surface area contributed by atoms with E-state index in [1.807, 2.05) is 17.0 Å². The molecule has 0 unspecified atom stereocenters. The molecule has 3 heterocycles. The van der Waals surface area contributed by atoms with Crippen LogP contribution in [0, 0.1) is 5.41 Å². The number of nitrogens with two attached hydrogens (primary N) is 1. The summed E-state index contributed by atoms with van der Waals surface area (Å²) < 4.78 is 5.56. The molecular weight excluding hydrogens is 407 g/mol. The Labute approximate surface area is 171 Å². The van der Waals surface area contributed by atoms with E-state index >= 15 is 0 Å². The molecule has 2 aliphatic rings. The second-order valence-corrected chi connectivity index (χ2v) is 8.89. The van der Waals surface area contributed by atoms with E-state index in [0.29, 0.717) is 34.1 Å². The summed E-state index contributed by atoms with van der Waals surface area (Å²) in [6, 6.07) is 5.47. The number of benzene rings is 1. The van der Waals surface area contributed by atoms with Crippen molar-refractivity contribution in [3.63, 3.8) is 0 Å². The number of nitrogens with zero attached hydrogens (tertiary/aromatic N) is 2. The molecule has 1 spiro atoms. The minimum absolute atomic E-state index is 0.0440. The predicted octanol–water partition coefficient (Wildman–Crippen LogP) is 3.17. The topological polar surface area (TPSA) is 84.2 Å². The molecule has 0 radical (unpaired) electrons. The first kappa shape index (κ1) is 19.1. The van der Waals surface area contributed by atoms with Crippen LogP contribution in [0.15, 0.2) is 39.1 Å². The van der Waals surface area contributed by atoms with Crippen LogP contribution < -0.4 is 16.2 Å². The van der Waals surface area contributed by atoms with Gasteiger partial charge in [-0.3, -0.25) is 4.79 Å². The Balaban J connectivity index is 1.48. The molecule has 0 aliphatic carbocycles. The minimum Gasteiger partial charge on any atom is -0.379 e. The molecule has 1 atom stereocenters. The van der Waals surface area contributed by atoms with Gasteiger partial charge in [0.15, 0.2) is 5.82 Å². The summed E-state index contributed by atoms with van der Waals surface area (Å²) in [5, 5.41) is 1.56. The molecule has 2 fully saturated rings. The van der Waals surface area contributed by atoms with E-state index in [4.69, 9.17) is 33.7 Å². The van der Waals surface area contributed by atoms with E-state index in [0.717, 1.165) is 30.8 Å². The van der Waals surface area contributed by atoms with Gasteiger partial charge in [-0.1, -0.05) is 41.0 Å². The quantitative estimate of drug-likeness (QED) is 0.783. The Morgan fingerprint density at radius 3 is 2.78 bits per heavy atom. The monoisotopic (exact) mass is 426 g/mol. The molecule has 4 rings (SSSR count). The van der Waals surface area contributed by atoms with E-state index in [-0.39, 0.29) is 17.0 Å². The van der Waals surface area contributed by atoms with E-state index < -0.39 is 0 Å². The molecule has 144 valence electrons. The standard InChI is InChI=1S/C18H20Cl2N4O2S/c19-11-2-1-3-12(15(11)20)27-14-8-22-16(17(25)23-14)24-6-4-18(5-7-24)10-26-9-13(18)21/h1-3,8,13H,4-7,9-10,21H2,(H,23,25)/t13-/m0/s1. The summed E-state index contributed by atoms with van der Waals surface area (Å²) in [6.07, 6.45) is 3.47. The molecule has 0 bridgehead atoms. The van der Waals surface area contributed by atoms with Gasteiger partial charge in [-0.05, 0) is 25.0 Å². The average molecular weight is 427 g/mol. The van der Waals surface area contributed by atoms with Gasteiger partial charge in [0.25, 0.3) is 5.56 Å². The van der Waals surface area contributed by atoms with Gasteiger partial charge in [-0.25, -0.2) is 4.98 Å². The number of anilines is 1. The van der Waals surface area contributed by atoms with Crippen molar-refractivity contribution in [3.05, 3.63) is 44.8 Å². The number of rotatable bonds is 3. The Morgan fingerprint density at radius 1 is 1.33 bits per heavy atom. The lowest BCUT2D eigenvalue weighted by molar-refractivity contribution is 0.131. The highest BCUT2D eigenvalue weighted by Crippen LogP contribution is 2.39. The minimum atomic E-state index is -0.207. The van der Waals surface area contributed by atoms with Gasteiger partial charge in [0.1, 0.15) is 0 Å². The number of H-pyrrole nitrogens is 1. The molecule has 2 saturated heterocycles. The van der Waals surface area contributed by atoms with Crippen LogP contribution in [0.4, 0.5) is 5.82 Å². The summed E-state index contributed by atoms with van der Waals surface area (Å²) in [6.45, 7) is 2.83. The van der Waals surface area contributed by atoms with Crippen LogP contribution in [0.5, 0.6) is 0 Å². The number of nitrogens with one attached hydrogen (secondary N) is 1. The maximum absolute atomic E-state index is 12.6. The zero-order chi connectivity index (χ0) is 19.0. The Hall–Kier alpha value is -1.25. The molecule has 0 amide bonds. The number of ether oxygens (including phenoxy) is 1. The lowest BCUT2D eigenvalue weighted by Gasteiger charge is -2.40. The van der Waals surface area contributed by atoms with Crippen molar-refractivity contribution in [2.24, 2.45) is 11.1 Å². The normalized spacial score (nSPS) is 21.7. The number of halogens is 2. The largest absolute Gasteiger partial charge is 0.379 e. The smallest absolute Gasteiger partial charge is 0.291 e. The van der Waals surface area contributed by atoms with Crippen LogP contribution in [-0.2, 0) is 4.74 Å². The summed E-state index contributed by atoms with van der Waals surface area (Å²) in [5.41, 5.74) is 6.06. The third-order valence-corrected chi connectivity index (χ3v) is 7.33. The summed E-state index contributed by atoms with van der Waals surface area (Å²) in [4.78, 5) is 22.7. The second-order valence-electron chi connectivity index (χ2n) is 7.03. The van der Waals surface area contributed by atoms with Gasteiger partial charge in [0, 0.05) is 29.4 Å². The molecule has 3 N–H and O–H groups in total. The van der Waals surface area contributed by atoms with Crippen LogP contribution in [0.3, 0.4) is 0 Å². The first-order valence-electron chi connectivity index (χ1n) is 8.78. The molecule has 6 nitrogen and oxygen atoms in total.